The van der Waals surface area contributed by atoms with Crippen LogP contribution in [-0.4, -0.2) is 32.0 Å². The van der Waals surface area contributed by atoms with Crippen LogP contribution in [0.1, 0.15) is 13.3 Å². The van der Waals surface area contributed by atoms with Crippen LogP contribution in [0.25, 0.3) is 0 Å². The van der Waals surface area contributed by atoms with Gasteiger partial charge in [-0.25, -0.2) is 0 Å². The van der Waals surface area contributed by atoms with E-state index in [4.69, 9.17) is 0 Å². The first-order chi connectivity index (χ1) is 5.95. The van der Waals surface area contributed by atoms with E-state index in [1.807, 2.05) is 0 Å². The van der Waals surface area contributed by atoms with E-state index in [1.54, 1.807) is 6.92 Å². The fraction of sp³-hybridized carbons (Fsp3) is 0.857. The van der Waals surface area contributed by atoms with E-state index >= 15 is 0 Å². The van der Waals surface area contributed by atoms with Gasteiger partial charge in [-0.1, -0.05) is 6.92 Å². The van der Waals surface area contributed by atoms with Gasteiger partial charge in [-0.15, -0.1) is 0 Å². The maximum absolute atomic E-state index is 11.5. The van der Waals surface area contributed by atoms with Gasteiger partial charge in [-0.05, 0) is 0 Å². The second-order valence-corrected chi connectivity index (χ2v) is 2.24. The summed E-state index contributed by atoms with van der Waals surface area (Å²) in [4.78, 5) is 10.5. The number of esters is 1. The molecular formula is C7H11F3O3. The molecule has 13 heavy (non-hydrogen) atoms. The number of alkyl halides is 3. The molecule has 0 unspecified atom stereocenters. The van der Waals surface area contributed by atoms with Crippen LogP contribution in [0.15, 0.2) is 0 Å². The van der Waals surface area contributed by atoms with Gasteiger partial charge in [-0.3, -0.25) is 4.79 Å². The van der Waals surface area contributed by atoms with Crippen molar-refractivity contribution >= 4 is 5.97 Å². The van der Waals surface area contributed by atoms with Gasteiger partial charge in [0.15, 0.2) is 0 Å². The van der Waals surface area contributed by atoms with Crippen molar-refractivity contribution in [2.24, 2.45) is 0 Å². The number of carbonyl (C=O) groups is 1. The van der Waals surface area contributed by atoms with Crippen molar-refractivity contribution in [1.29, 1.82) is 0 Å². The highest BCUT2D eigenvalue weighted by Crippen LogP contribution is 2.13. The Morgan fingerprint density at radius 3 is 2.38 bits per heavy atom. The van der Waals surface area contributed by atoms with Gasteiger partial charge in [-0.2, -0.15) is 13.2 Å². The third-order valence-corrected chi connectivity index (χ3v) is 1.05. The molecule has 78 valence electrons. The van der Waals surface area contributed by atoms with Crippen LogP contribution < -0.4 is 0 Å². The molecule has 0 N–H and O–H groups in total. The van der Waals surface area contributed by atoms with Crippen molar-refractivity contribution in [3.63, 3.8) is 0 Å². The van der Waals surface area contributed by atoms with Crippen LogP contribution in [0.5, 0.6) is 0 Å². The lowest BCUT2D eigenvalue weighted by Crippen LogP contribution is -2.19. The molecule has 0 aliphatic carbocycles. The Balaban J connectivity index is 3.22. The van der Waals surface area contributed by atoms with Crippen LogP contribution in [0.3, 0.4) is 0 Å². The molecule has 3 nitrogen and oxygen atoms in total. The largest absolute Gasteiger partial charge is 0.463 e. The number of ether oxygens (including phenoxy) is 2. The minimum Gasteiger partial charge on any atom is -0.463 e. The lowest BCUT2D eigenvalue weighted by molar-refractivity contribution is -0.177. The molecule has 0 aromatic heterocycles. The molecule has 0 spiro atoms. The van der Waals surface area contributed by atoms with E-state index in [9.17, 15) is 18.0 Å². The Hall–Kier alpha value is -0.780. The van der Waals surface area contributed by atoms with Gasteiger partial charge in [0.2, 0.25) is 0 Å². The van der Waals surface area contributed by atoms with Crippen LogP contribution in [0, 0.1) is 0 Å². The highest BCUT2D eigenvalue weighted by Gasteiger charge is 2.27. The molecule has 0 radical (unpaired) electrons. The molecule has 0 rings (SSSR count). The molecule has 6 heteroatoms. The summed E-state index contributed by atoms with van der Waals surface area (Å²) in [5, 5.41) is 0. The lowest BCUT2D eigenvalue weighted by Gasteiger charge is -2.07. The fourth-order valence-electron chi connectivity index (χ4n) is 0.504. The van der Waals surface area contributed by atoms with E-state index in [1.165, 1.54) is 0 Å². The van der Waals surface area contributed by atoms with Gasteiger partial charge in [0.25, 0.3) is 0 Å². The van der Waals surface area contributed by atoms with Gasteiger partial charge in [0, 0.05) is 6.42 Å². The first-order valence-corrected chi connectivity index (χ1v) is 3.76. The maximum Gasteiger partial charge on any atom is 0.411 e. The molecule has 0 amide bonds. The SMILES string of the molecule is CCC(=O)OCCOCC(F)(F)F. The number of rotatable bonds is 5. The van der Waals surface area contributed by atoms with Crippen LogP contribution in [-0.2, 0) is 14.3 Å². The van der Waals surface area contributed by atoms with Crippen molar-refractivity contribution in [1.82, 2.24) is 0 Å². The average Bonchev–Trinajstić information content (AvgIpc) is 2.01. The van der Waals surface area contributed by atoms with Crippen LogP contribution in [0.4, 0.5) is 13.2 Å². The molecule has 0 aliphatic rings. The Bertz CT molecular complexity index is 156. The summed E-state index contributed by atoms with van der Waals surface area (Å²) in [6.07, 6.45) is -4.12. The van der Waals surface area contributed by atoms with E-state index in [-0.39, 0.29) is 19.6 Å². The van der Waals surface area contributed by atoms with Gasteiger partial charge in [0.05, 0.1) is 6.61 Å². The standard InChI is InChI=1S/C7H11F3O3/c1-2-6(11)13-4-3-12-5-7(8,9)10/h2-5H2,1H3. The zero-order valence-corrected chi connectivity index (χ0v) is 7.19. The Labute approximate surface area is 73.8 Å². The molecule has 0 saturated carbocycles. The van der Waals surface area contributed by atoms with Crippen LogP contribution >= 0.6 is 0 Å². The van der Waals surface area contributed by atoms with Gasteiger partial charge < -0.3 is 9.47 Å². The Morgan fingerprint density at radius 2 is 1.92 bits per heavy atom. The van der Waals surface area contributed by atoms with Crippen molar-refractivity contribution in [3.8, 4) is 0 Å². The second kappa shape index (κ2) is 5.80. The Kier molecular flexibility index (Phi) is 5.45. The first-order valence-electron chi connectivity index (χ1n) is 3.76. The van der Waals surface area contributed by atoms with Gasteiger partial charge >= 0.3 is 12.1 Å². The van der Waals surface area contributed by atoms with E-state index < -0.39 is 18.8 Å². The van der Waals surface area contributed by atoms with Crippen molar-refractivity contribution in [2.45, 2.75) is 19.5 Å². The summed E-state index contributed by atoms with van der Waals surface area (Å²) in [7, 11) is 0. The number of hydrogen-bond acceptors (Lipinski definition) is 3. The van der Waals surface area contributed by atoms with Crippen molar-refractivity contribution in [3.05, 3.63) is 0 Å². The minimum absolute atomic E-state index is 0.136. The number of carbonyl (C=O) groups excluding carboxylic acids is 1. The molecule has 0 heterocycles. The second-order valence-electron chi connectivity index (χ2n) is 2.24. The lowest BCUT2D eigenvalue weighted by atomic mass is 10.5. The third-order valence-electron chi connectivity index (χ3n) is 1.05. The molecule has 0 bridgehead atoms. The highest BCUT2D eigenvalue weighted by atomic mass is 19.4. The summed E-state index contributed by atoms with van der Waals surface area (Å²) >= 11 is 0. The van der Waals surface area contributed by atoms with Crippen LogP contribution in [0.2, 0.25) is 0 Å². The first kappa shape index (κ1) is 12.2. The van der Waals surface area contributed by atoms with E-state index in [2.05, 4.69) is 9.47 Å². The minimum atomic E-state index is -4.32. The molecule has 0 atom stereocenters. The molecule has 0 saturated heterocycles. The molecule has 0 fully saturated rings. The zero-order chi connectivity index (χ0) is 10.3. The van der Waals surface area contributed by atoms with Crippen molar-refractivity contribution < 1.29 is 27.4 Å². The third kappa shape index (κ3) is 9.13. The molecule has 0 aromatic rings. The maximum atomic E-state index is 11.5. The highest BCUT2D eigenvalue weighted by molar-refractivity contribution is 5.68. The summed E-state index contributed by atoms with van der Waals surface area (Å²) < 4.78 is 43.1. The monoisotopic (exact) mass is 200 g/mol. The van der Waals surface area contributed by atoms with E-state index in [0.29, 0.717) is 0 Å². The fourth-order valence-corrected chi connectivity index (χ4v) is 0.504. The summed E-state index contributed by atoms with van der Waals surface area (Å²) in [5.74, 6) is -0.449. The van der Waals surface area contributed by atoms with Crippen molar-refractivity contribution in [2.75, 3.05) is 19.8 Å². The quantitative estimate of drug-likeness (QED) is 0.498. The normalized spacial score (nSPS) is 11.4. The zero-order valence-electron chi connectivity index (χ0n) is 7.19. The average molecular weight is 200 g/mol. The summed E-state index contributed by atoms with van der Waals surface area (Å²) in [5.41, 5.74) is 0. The summed E-state index contributed by atoms with van der Waals surface area (Å²) in [6.45, 7) is -0.0798. The summed E-state index contributed by atoms with van der Waals surface area (Å²) in [6, 6.07) is 0. The van der Waals surface area contributed by atoms with E-state index in [0.717, 1.165) is 0 Å². The molecular weight excluding hydrogens is 189 g/mol. The predicted octanol–water partition coefficient (Wildman–Crippen LogP) is 1.52. The smallest absolute Gasteiger partial charge is 0.411 e. The van der Waals surface area contributed by atoms with Gasteiger partial charge in [0.1, 0.15) is 13.2 Å². The number of hydrogen-bond donors (Lipinski definition) is 0. The topological polar surface area (TPSA) is 35.5 Å². The molecule has 0 aliphatic heterocycles. The predicted molar refractivity (Wildman–Crippen MR) is 38.1 cm³/mol. The number of halogens is 3. The molecule has 0 aromatic carbocycles. The Morgan fingerprint density at radius 1 is 1.31 bits per heavy atom.